The summed E-state index contributed by atoms with van der Waals surface area (Å²) in [5, 5.41) is 9.17. The van der Waals surface area contributed by atoms with Gasteiger partial charge in [-0.3, -0.25) is 4.79 Å². The predicted octanol–water partition coefficient (Wildman–Crippen LogP) is 0.948. The standard InChI is InChI=1S/C16H21NO6/c1-21-12-7-11(8-13(9-12)22-2)3-4-15(18)17-5-6-23-10-14(17)16(19)20/h7-9,14H,3-6,10H2,1-2H3,(H,19,20). The molecule has 1 aliphatic rings. The summed E-state index contributed by atoms with van der Waals surface area (Å²) in [5.41, 5.74) is 0.898. The number of aryl methyl sites for hydroxylation is 1. The number of benzene rings is 1. The van der Waals surface area contributed by atoms with Gasteiger partial charge in [0.1, 0.15) is 11.5 Å². The lowest BCUT2D eigenvalue weighted by molar-refractivity contribution is -0.158. The molecule has 1 atom stereocenters. The van der Waals surface area contributed by atoms with E-state index in [9.17, 15) is 14.7 Å². The smallest absolute Gasteiger partial charge is 0.328 e. The van der Waals surface area contributed by atoms with Gasteiger partial charge in [0.2, 0.25) is 5.91 Å². The van der Waals surface area contributed by atoms with Crippen molar-refractivity contribution >= 4 is 11.9 Å². The fourth-order valence-electron chi connectivity index (χ4n) is 2.51. The van der Waals surface area contributed by atoms with Gasteiger partial charge in [0.15, 0.2) is 6.04 Å². The molecule has 1 heterocycles. The highest BCUT2D eigenvalue weighted by atomic mass is 16.5. The van der Waals surface area contributed by atoms with Crippen molar-refractivity contribution in [2.45, 2.75) is 18.9 Å². The second-order valence-corrected chi connectivity index (χ2v) is 5.24. The van der Waals surface area contributed by atoms with Crippen molar-refractivity contribution in [1.29, 1.82) is 0 Å². The molecular weight excluding hydrogens is 302 g/mol. The zero-order chi connectivity index (χ0) is 16.8. The largest absolute Gasteiger partial charge is 0.497 e. The highest BCUT2D eigenvalue weighted by Crippen LogP contribution is 2.23. The third-order valence-corrected chi connectivity index (χ3v) is 3.77. The minimum absolute atomic E-state index is 0.0358. The van der Waals surface area contributed by atoms with E-state index < -0.39 is 12.0 Å². The first-order valence-electron chi connectivity index (χ1n) is 7.37. The minimum Gasteiger partial charge on any atom is -0.497 e. The molecule has 1 aliphatic heterocycles. The first kappa shape index (κ1) is 17.1. The van der Waals surface area contributed by atoms with Crippen LogP contribution in [-0.4, -0.2) is 61.9 Å². The maximum Gasteiger partial charge on any atom is 0.328 e. The van der Waals surface area contributed by atoms with E-state index in [1.807, 2.05) is 12.1 Å². The van der Waals surface area contributed by atoms with Crippen molar-refractivity contribution < 1.29 is 28.9 Å². The van der Waals surface area contributed by atoms with Gasteiger partial charge in [0.05, 0.1) is 27.4 Å². The SMILES string of the molecule is COc1cc(CCC(=O)N2CCOCC2C(=O)O)cc(OC)c1. The van der Waals surface area contributed by atoms with E-state index >= 15 is 0 Å². The zero-order valence-corrected chi connectivity index (χ0v) is 13.3. The van der Waals surface area contributed by atoms with Gasteiger partial charge < -0.3 is 24.2 Å². The maximum atomic E-state index is 12.3. The van der Waals surface area contributed by atoms with E-state index in [4.69, 9.17) is 14.2 Å². The van der Waals surface area contributed by atoms with Crippen LogP contribution in [0.1, 0.15) is 12.0 Å². The summed E-state index contributed by atoms with van der Waals surface area (Å²) in [5.74, 6) is 0.0757. The fourth-order valence-corrected chi connectivity index (χ4v) is 2.51. The molecule has 0 aliphatic carbocycles. The van der Waals surface area contributed by atoms with Crippen LogP contribution in [0.15, 0.2) is 18.2 Å². The fraction of sp³-hybridized carbons (Fsp3) is 0.500. The number of methoxy groups -OCH3 is 2. The Kier molecular flexibility index (Phi) is 5.81. The lowest BCUT2D eigenvalue weighted by Crippen LogP contribution is -2.52. The lowest BCUT2D eigenvalue weighted by Gasteiger charge is -2.32. The Balaban J connectivity index is 2.02. The first-order valence-corrected chi connectivity index (χ1v) is 7.37. The van der Waals surface area contributed by atoms with Crippen molar-refractivity contribution in [1.82, 2.24) is 4.90 Å². The third-order valence-electron chi connectivity index (χ3n) is 3.77. The van der Waals surface area contributed by atoms with Crippen molar-refractivity contribution in [3.8, 4) is 11.5 Å². The Morgan fingerprint density at radius 1 is 1.26 bits per heavy atom. The van der Waals surface area contributed by atoms with Crippen molar-refractivity contribution in [2.75, 3.05) is 34.0 Å². The number of nitrogens with zero attached hydrogens (tertiary/aromatic N) is 1. The number of rotatable bonds is 6. The summed E-state index contributed by atoms with van der Waals surface area (Å²) in [7, 11) is 3.13. The van der Waals surface area contributed by atoms with Crippen LogP contribution in [0.4, 0.5) is 0 Å². The normalized spacial score (nSPS) is 17.7. The molecule has 0 spiro atoms. The maximum absolute atomic E-state index is 12.3. The molecule has 0 saturated carbocycles. The van der Waals surface area contributed by atoms with Gasteiger partial charge in [-0.25, -0.2) is 4.79 Å². The lowest BCUT2D eigenvalue weighted by atomic mass is 10.1. The van der Waals surface area contributed by atoms with Crippen LogP contribution < -0.4 is 9.47 Å². The van der Waals surface area contributed by atoms with Crippen LogP contribution in [0.2, 0.25) is 0 Å². The predicted molar refractivity (Wildman–Crippen MR) is 81.8 cm³/mol. The number of morpholine rings is 1. The average molecular weight is 323 g/mol. The molecule has 0 aromatic heterocycles. The molecular formula is C16H21NO6. The van der Waals surface area contributed by atoms with E-state index in [2.05, 4.69) is 0 Å². The van der Waals surface area contributed by atoms with Gasteiger partial charge >= 0.3 is 5.97 Å². The second kappa shape index (κ2) is 7.82. The molecule has 7 heteroatoms. The highest BCUT2D eigenvalue weighted by Gasteiger charge is 2.32. The van der Waals surface area contributed by atoms with Gasteiger partial charge in [-0.1, -0.05) is 0 Å². The van der Waals surface area contributed by atoms with E-state index in [0.29, 0.717) is 31.1 Å². The summed E-state index contributed by atoms with van der Waals surface area (Å²) < 4.78 is 15.5. The minimum atomic E-state index is -1.04. The number of carbonyl (C=O) groups excluding carboxylic acids is 1. The number of ether oxygens (including phenoxy) is 3. The molecule has 1 aromatic rings. The Morgan fingerprint density at radius 2 is 1.91 bits per heavy atom. The zero-order valence-electron chi connectivity index (χ0n) is 13.3. The van der Waals surface area contributed by atoms with E-state index in [1.54, 1.807) is 20.3 Å². The van der Waals surface area contributed by atoms with Crippen LogP contribution in [0.3, 0.4) is 0 Å². The quantitative estimate of drug-likeness (QED) is 0.839. The Hall–Kier alpha value is -2.28. The van der Waals surface area contributed by atoms with Crippen LogP contribution in [-0.2, 0) is 20.7 Å². The molecule has 2 rings (SSSR count). The monoisotopic (exact) mass is 323 g/mol. The topological polar surface area (TPSA) is 85.3 Å². The first-order chi connectivity index (χ1) is 11.0. The molecule has 1 fully saturated rings. The molecule has 1 saturated heterocycles. The van der Waals surface area contributed by atoms with E-state index in [1.165, 1.54) is 4.90 Å². The molecule has 1 unspecified atom stereocenters. The van der Waals surface area contributed by atoms with Gasteiger partial charge in [0, 0.05) is 19.0 Å². The molecule has 1 aromatic carbocycles. The van der Waals surface area contributed by atoms with E-state index in [0.717, 1.165) is 5.56 Å². The van der Waals surface area contributed by atoms with Gasteiger partial charge in [-0.15, -0.1) is 0 Å². The average Bonchev–Trinajstić information content (AvgIpc) is 2.59. The molecule has 0 radical (unpaired) electrons. The number of amides is 1. The number of carboxylic acid groups (broad SMARTS) is 1. The van der Waals surface area contributed by atoms with Crippen molar-refractivity contribution in [2.24, 2.45) is 0 Å². The molecule has 7 nitrogen and oxygen atoms in total. The van der Waals surface area contributed by atoms with Crippen LogP contribution in [0, 0.1) is 0 Å². The number of hydrogen-bond donors (Lipinski definition) is 1. The van der Waals surface area contributed by atoms with Gasteiger partial charge in [0.25, 0.3) is 0 Å². The summed E-state index contributed by atoms with van der Waals surface area (Å²) in [6, 6.07) is 4.53. The summed E-state index contributed by atoms with van der Waals surface area (Å²) in [6.07, 6.45) is 0.705. The highest BCUT2D eigenvalue weighted by molar-refractivity contribution is 5.84. The van der Waals surface area contributed by atoms with Gasteiger partial charge in [-0.05, 0) is 24.1 Å². The Bertz CT molecular complexity index is 551. The number of carboxylic acids is 1. The third kappa shape index (κ3) is 4.35. The summed E-state index contributed by atoms with van der Waals surface area (Å²) in [4.78, 5) is 24.9. The van der Waals surface area contributed by atoms with E-state index in [-0.39, 0.29) is 18.9 Å². The summed E-state index contributed by atoms with van der Waals surface area (Å²) in [6.45, 7) is 0.702. The number of hydrogen-bond acceptors (Lipinski definition) is 5. The number of aliphatic carboxylic acids is 1. The molecule has 1 N–H and O–H groups in total. The molecule has 126 valence electrons. The van der Waals surface area contributed by atoms with Crippen molar-refractivity contribution in [3.63, 3.8) is 0 Å². The molecule has 0 bridgehead atoms. The van der Waals surface area contributed by atoms with Crippen LogP contribution in [0.5, 0.6) is 11.5 Å². The molecule has 23 heavy (non-hydrogen) atoms. The number of carbonyl (C=O) groups is 2. The van der Waals surface area contributed by atoms with Crippen molar-refractivity contribution in [3.05, 3.63) is 23.8 Å². The van der Waals surface area contributed by atoms with Gasteiger partial charge in [-0.2, -0.15) is 0 Å². The van der Waals surface area contributed by atoms with Crippen LogP contribution in [0.25, 0.3) is 0 Å². The van der Waals surface area contributed by atoms with Crippen LogP contribution >= 0.6 is 0 Å². The Morgan fingerprint density at radius 3 is 2.48 bits per heavy atom. The summed E-state index contributed by atoms with van der Waals surface area (Å²) >= 11 is 0. The molecule has 1 amide bonds. The Labute approximate surface area is 134 Å². The second-order valence-electron chi connectivity index (χ2n) is 5.24.